The minimum Gasteiger partial charge on any atom is -0.361 e. The zero-order chi connectivity index (χ0) is 75.8. The van der Waals surface area contributed by atoms with Gasteiger partial charge in [0.05, 0.1) is 40.0 Å². The minimum atomic E-state index is 0.135. The summed E-state index contributed by atoms with van der Waals surface area (Å²) in [6.45, 7) is 53.0. The lowest BCUT2D eigenvalue weighted by Crippen LogP contribution is -2.13. The quantitative estimate of drug-likeness (QED) is 0.0869. The van der Waals surface area contributed by atoms with Crippen LogP contribution in [0.15, 0.2) is 214 Å². The molecule has 0 aliphatic rings. The number of rotatable bonds is 0. The predicted molar refractivity (Wildman–Crippen MR) is 439 cm³/mol. The summed E-state index contributed by atoms with van der Waals surface area (Å²) in [4.78, 5) is 37.4. The Balaban J connectivity index is 0.000000138. The van der Waals surface area contributed by atoms with Crippen LogP contribution in [0.2, 0.25) is 0 Å². The molecule has 0 bridgehead atoms. The molecule has 0 amide bonds. The summed E-state index contributed by atoms with van der Waals surface area (Å²) in [6, 6.07) is 41.0. The maximum Gasteiger partial charge on any atom is 0.137 e. The Morgan fingerprint density at radius 1 is 0.317 bits per heavy atom. The molecule has 15 heteroatoms. The first-order valence-electron chi connectivity index (χ1n) is 36.2. The molecular formula is C89H113N15. The summed E-state index contributed by atoms with van der Waals surface area (Å²) in [5.74, 6) is 0. The number of benzene rings is 2. The third-order valence-corrected chi connectivity index (χ3v) is 18.1. The number of fused-ring (bicyclic) bond motifs is 8. The zero-order valence-electron chi connectivity index (χ0n) is 66.2. The van der Waals surface area contributed by atoms with Gasteiger partial charge in [0.25, 0.3) is 0 Å². The molecule has 0 aliphatic carbocycles. The number of H-pyrrole nitrogens is 6. The average Bonchev–Trinajstić information content (AvgIpc) is 1.72. The molecule has 0 fully saturated rings. The first kappa shape index (κ1) is 77.7. The van der Waals surface area contributed by atoms with Gasteiger partial charge in [0.1, 0.15) is 11.3 Å². The fourth-order valence-corrected chi connectivity index (χ4v) is 12.5. The van der Waals surface area contributed by atoms with Crippen molar-refractivity contribution in [1.29, 1.82) is 0 Å². The van der Waals surface area contributed by atoms with Gasteiger partial charge in [0, 0.05) is 152 Å². The molecule has 14 aromatic heterocycles. The van der Waals surface area contributed by atoms with Crippen molar-refractivity contribution in [3.63, 3.8) is 0 Å². The molecule has 544 valence electrons. The van der Waals surface area contributed by atoms with E-state index < -0.39 is 0 Å². The van der Waals surface area contributed by atoms with Crippen LogP contribution >= 0.6 is 0 Å². The molecule has 14 heterocycles. The SMILES string of the molecule is CC(C)(C)c1[nH]nc2ccccc12.CC(C)(C)c1c[nH]c2ccccc12.CC(C)(C)c1c[nH]c2cccnc12.CC(C)(C)c1c[nH]c2ccncc12.CC(C)(C)c1c[nH]c2cnccc12.CC(C)(C)c1c[nH]c2ncccc12.CC(C)(C)c1cnc2ccccn12.CC(C)(C)c1cnn2ccccc12. The van der Waals surface area contributed by atoms with E-state index in [1.807, 2.05) is 127 Å². The van der Waals surface area contributed by atoms with E-state index in [-0.39, 0.29) is 43.3 Å². The molecular weight excluding hydrogens is 1280 g/mol. The molecule has 6 N–H and O–H groups in total. The largest absolute Gasteiger partial charge is 0.361 e. The van der Waals surface area contributed by atoms with Crippen LogP contribution in [0.5, 0.6) is 0 Å². The molecule has 0 atom stereocenters. The van der Waals surface area contributed by atoms with Gasteiger partial charge in [-0.15, -0.1) is 0 Å². The van der Waals surface area contributed by atoms with Crippen molar-refractivity contribution in [2.75, 3.05) is 0 Å². The second-order valence-corrected chi connectivity index (χ2v) is 35.0. The maximum atomic E-state index is 4.38. The monoisotopic (exact) mass is 1390 g/mol. The predicted octanol–water partition coefficient (Wildman–Crippen LogP) is 23.0. The van der Waals surface area contributed by atoms with E-state index in [1.54, 1.807) is 0 Å². The molecule has 0 aliphatic heterocycles. The summed E-state index contributed by atoms with van der Waals surface area (Å²) in [5.41, 5.74) is 21.8. The van der Waals surface area contributed by atoms with E-state index in [4.69, 9.17) is 0 Å². The molecule has 16 aromatic rings. The molecule has 16 rings (SSSR count). The van der Waals surface area contributed by atoms with Crippen molar-refractivity contribution in [3.05, 3.63) is 259 Å². The van der Waals surface area contributed by atoms with Crippen LogP contribution in [-0.2, 0) is 43.3 Å². The number of nitrogens with zero attached hydrogens (tertiary/aromatic N) is 9. The van der Waals surface area contributed by atoms with Gasteiger partial charge < -0.3 is 29.3 Å². The van der Waals surface area contributed by atoms with Gasteiger partial charge in [-0.3, -0.25) is 20.1 Å². The fraction of sp³-hybridized carbons (Fsp3) is 0.360. The number of hydrogen-bond donors (Lipinski definition) is 6. The summed E-state index contributed by atoms with van der Waals surface area (Å²) in [5, 5.41) is 18.0. The Labute approximate surface area is 616 Å². The topological polar surface area (TPSA) is 194 Å². The number of nitrogens with one attached hydrogen (secondary N) is 6. The van der Waals surface area contributed by atoms with E-state index in [1.165, 1.54) is 88.2 Å². The van der Waals surface area contributed by atoms with Gasteiger partial charge >= 0.3 is 0 Å². The van der Waals surface area contributed by atoms with Crippen molar-refractivity contribution in [2.45, 2.75) is 209 Å². The molecule has 104 heavy (non-hydrogen) atoms. The average molecular weight is 1390 g/mol. The van der Waals surface area contributed by atoms with Crippen LogP contribution in [0.3, 0.4) is 0 Å². The number of aromatic amines is 6. The van der Waals surface area contributed by atoms with E-state index in [9.17, 15) is 0 Å². The van der Waals surface area contributed by atoms with Gasteiger partial charge in [-0.25, -0.2) is 14.5 Å². The zero-order valence-corrected chi connectivity index (χ0v) is 66.2. The second-order valence-electron chi connectivity index (χ2n) is 35.0. The third kappa shape index (κ3) is 19.3. The molecule has 0 unspecified atom stereocenters. The number of para-hydroxylation sites is 2. The lowest BCUT2D eigenvalue weighted by Gasteiger charge is -2.17. The Morgan fingerprint density at radius 2 is 0.798 bits per heavy atom. The normalized spacial score (nSPS) is 12.2. The first-order valence-corrected chi connectivity index (χ1v) is 36.2. The Morgan fingerprint density at radius 3 is 1.44 bits per heavy atom. The maximum absolute atomic E-state index is 4.38. The molecule has 0 spiro atoms. The van der Waals surface area contributed by atoms with Gasteiger partial charge in [-0.1, -0.05) is 215 Å². The fourth-order valence-electron chi connectivity index (χ4n) is 12.5. The van der Waals surface area contributed by atoms with Crippen LogP contribution in [-0.4, -0.2) is 74.1 Å². The van der Waals surface area contributed by atoms with Crippen molar-refractivity contribution >= 4 is 76.8 Å². The van der Waals surface area contributed by atoms with Gasteiger partial charge in [-0.2, -0.15) is 10.2 Å². The highest BCUT2D eigenvalue weighted by Crippen LogP contribution is 2.35. The van der Waals surface area contributed by atoms with E-state index >= 15 is 0 Å². The van der Waals surface area contributed by atoms with Crippen LogP contribution < -0.4 is 0 Å². The van der Waals surface area contributed by atoms with Crippen molar-refractivity contribution in [3.8, 4) is 0 Å². The van der Waals surface area contributed by atoms with E-state index in [0.29, 0.717) is 0 Å². The number of aromatic nitrogens is 15. The van der Waals surface area contributed by atoms with Crippen molar-refractivity contribution in [2.24, 2.45) is 0 Å². The summed E-state index contributed by atoms with van der Waals surface area (Å²) < 4.78 is 4.06. The highest BCUT2D eigenvalue weighted by atomic mass is 15.2. The molecule has 0 radical (unpaired) electrons. The molecule has 0 saturated carbocycles. The third-order valence-electron chi connectivity index (χ3n) is 18.1. The lowest BCUT2D eigenvalue weighted by atomic mass is 9.87. The van der Waals surface area contributed by atoms with E-state index in [2.05, 4.69) is 327 Å². The summed E-state index contributed by atoms with van der Waals surface area (Å²) >= 11 is 0. The number of imidazole rings is 1. The van der Waals surface area contributed by atoms with Crippen LogP contribution in [0.25, 0.3) is 76.8 Å². The highest BCUT2D eigenvalue weighted by Gasteiger charge is 2.24. The van der Waals surface area contributed by atoms with Gasteiger partial charge in [0.15, 0.2) is 0 Å². The van der Waals surface area contributed by atoms with E-state index in [0.717, 1.165) is 33.4 Å². The van der Waals surface area contributed by atoms with Gasteiger partial charge in [0.2, 0.25) is 0 Å². The van der Waals surface area contributed by atoms with Gasteiger partial charge in [-0.05, 0) is 128 Å². The first-order chi connectivity index (χ1) is 48.7. The Kier molecular flexibility index (Phi) is 23.4. The van der Waals surface area contributed by atoms with Crippen LogP contribution in [0.4, 0.5) is 0 Å². The minimum absolute atomic E-state index is 0.135. The summed E-state index contributed by atoms with van der Waals surface area (Å²) in [6.07, 6.45) is 29.4. The Hall–Kier alpha value is -10.4. The Bertz CT molecular complexity index is 4370. The van der Waals surface area contributed by atoms with Crippen molar-refractivity contribution in [1.82, 2.24) is 74.1 Å². The summed E-state index contributed by atoms with van der Waals surface area (Å²) in [7, 11) is 0. The number of hydrogen-bond acceptors (Lipinski definition) is 7. The lowest BCUT2D eigenvalue weighted by molar-refractivity contribution is 0.563. The molecule has 2 aromatic carbocycles. The number of pyridine rings is 6. The molecule has 15 nitrogen and oxygen atoms in total. The highest BCUT2D eigenvalue weighted by molar-refractivity contribution is 5.86. The van der Waals surface area contributed by atoms with Crippen LogP contribution in [0, 0.1) is 0 Å². The smallest absolute Gasteiger partial charge is 0.137 e. The standard InChI is InChI=1S/C12H15N.7C11H14N2/c1-12(2,3)10-8-13-11-7-5-4-6-9(10)11;1-11(2,3)9-7-13-10-4-5-12-6-8(9)10;1-11(2,3)9-6-13-10-7-12-5-4-8(9)10;1-11(2,3)8-7-13-9-5-4-6-12-10(8)9;1-11(2,3)9-7-13-10-8(9)5-4-6-12-10;1-11(2,3)9-8-12-10-6-4-5-7-13(9)10;1-11(2,3)9-8-12-13-7-5-4-6-10(9)13;1-11(2,3)10-8-6-4-5-7-9(8)12-13-10/h4-8,13H,1-3H3;3*4-7,13H,1-3H3;4-7H,1-3H3,(H,12,13);2*4-8H,1-3H3;4-7H,1-3H3,(H,12,13). The molecule has 0 saturated heterocycles. The van der Waals surface area contributed by atoms with Crippen molar-refractivity contribution < 1.29 is 0 Å². The second kappa shape index (κ2) is 31.3. The van der Waals surface area contributed by atoms with Crippen LogP contribution in [0.1, 0.15) is 211 Å².